The number of aliphatic hydroxyl groups is 1. The summed E-state index contributed by atoms with van der Waals surface area (Å²) in [5.41, 5.74) is 0.478. The van der Waals surface area contributed by atoms with Gasteiger partial charge in [0.25, 0.3) is 0 Å². The molecule has 0 atom stereocenters. The van der Waals surface area contributed by atoms with E-state index in [1.54, 1.807) is 18.2 Å². The molecule has 0 radical (unpaired) electrons. The summed E-state index contributed by atoms with van der Waals surface area (Å²) in [5, 5.41) is 23.1. The molecule has 0 saturated heterocycles. The zero-order valence-corrected chi connectivity index (χ0v) is 10.1. The van der Waals surface area contributed by atoms with Gasteiger partial charge in [0.1, 0.15) is 17.2 Å². The largest absolute Gasteiger partial charge is 0.508 e. The van der Waals surface area contributed by atoms with Crippen molar-refractivity contribution in [2.45, 2.75) is 6.92 Å². The first-order valence-electron chi connectivity index (χ1n) is 5.53. The fraction of sp³-hybridized carbons (Fsp3) is 0.0714. The number of ketones is 1. The predicted octanol–water partition coefficient (Wildman–Crippen LogP) is 3.43. The lowest BCUT2D eigenvalue weighted by Gasteiger charge is -2.05. The van der Waals surface area contributed by atoms with Crippen LogP contribution in [0.15, 0.2) is 41.6 Å². The van der Waals surface area contributed by atoms with E-state index in [1.807, 2.05) is 0 Å². The highest BCUT2D eigenvalue weighted by Gasteiger charge is 2.08. The third-order valence-electron chi connectivity index (χ3n) is 2.65. The third kappa shape index (κ3) is 2.60. The number of aromatic hydroxyl groups is 1. The Morgan fingerprint density at radius 3 is 2.63 bits per heavy atom. The molecule has 96 valence electrons. The molecule has 0 saturated carbocycles. The molecule has 2 N–H and O–H groups in total. The minimum Gasteiger partial charge on any atom is -0.508 e. The van der Waals surface area contributed by atoms with E-state index in [0.717, 1.165) is 6.08 Å². The van der Waals surface area contributed by atoms with Crippen molar-refractivity contribution in [1.29, 1.82) is 0 Å². The second-order valence-corrected chi connectivity index (χ2v) is 4.13. The van der Waals surface area contributed by atoms with Crippen molar-refractivity contribution in [2.24, 2.45) is 5.18 Å². The molecule has 0 amide bonds. The van der Waals surface area contributed by atoms with Gasteiger partial charge >= 0.3 is 0 Å². The molecule has 0 spiro atoms. The van der Waals surface area contributed by atoms with E-state index in [0.29, 0.717) is 16.3 Å². The van der Waals surface area contributed by atoms with Gasteiger partial charge in [-0.1, -0.05) is 12.1 Å². The van der Waals surface area contributed by atoms with Crippen LogP contribution in [0.2, 0.25) is 0 Å². The quantitative estimate of drug-likeness (QED) is 0.501. The van der Waals surface area contributed by atoms with E-state index in [2.05, 4.69) is 5.18 Å². The van der Waals surface area contributed by atoms with Gasteiger partial charge in [0.15, 0.2) is 5.78 Å². The average Bonchev–Trinajstić information content (AvgIpc) is 2.36. The van der Waals surface area contributed by atoms with Crippen molar-refractivity contribution in [2.75, 3.05) is 0 Å². The Morgan fingerprint density at radius 1 is 1.26 bits per heavy atom. The van der Waals surface area contributed by atoms with Crippen LogP contribution in [0.4, 0.5) is 5.69 Å². The number of fused-ring (bicyclic) bond motifs is 1. The molecule has 0 fully saturated rings. The van der Waals surface area contributed by atoms with Crippen molar-refractivity contribution in [3.63, 3.8) is 0 Å². The summed E-state index contributed by atoms with van der Waals surface area (Å²) in [4.78, 5) is 21.7. The number of nitroso groups, excluding NO2 is 1. The zero-order chi connectivity index (χ0) is 14.0. The summed E-state index contributed by atoms with van der Waals surface area (Å²) >= 11 is 0. The van der Waals surface area contributed by atoms with Crippen LogP contribution in [0.25, 0.3) is 16.5 Å². The van der Waals surface area contributed by atoms with E-state index in [-0.39, 0.29) is 23.0 Å². The summed E-state index contributed by atoms with van der Waals surface area (Å²) in [5.74, 6) is -0.519. The van der Waals surface area contributed by atoms with Crippen LogP contribution in [0.5, 0.6) is 5.75 Å². The maximum absolute atomic E-state index is 10.9. The number of carbonyl (C=O) groups is 1. The van der Waals surface area contributed by atoms with Gasteiger partial charge in [0.2, 0.25) is 0 Å². The molecule has 2 rings (SSSR count). The van der Waals surface area contributed by atoms with E-state index < -0.39 is 0 Å². The fourth-order valence-corrected chi connectivity index (χ4v) is 1.83. The maximum Gasteiger partial charge on any atom is 0.156 e. The van der Waals surface area contributed by atoms with Crippen LogP contribution in [0.1, 0.15) is 12.5 Å². The number of benzene rings is 2. The SMILES string of the molecule is CC(=O)/C=C(\O)c1ccc2cc(O)cc(N=O)c2c1. The summed E-state index contributed by atoms with van der Waals surface area (Å²) in [6.07, 6.45) is 1.09. The lowest BCUT2D eigenvalue weighted by molar-refractivity contribution is -0.112. The van der Waals surface area contributed by atoms with Crippen molar-refractivity contribution in [3.05, 3.63) is 46.9 Å². The lowest BCUT2D eigenvalue weighted by atomic mass is 10.0. The molecular formula is C14H11NO4. The summed E-state index contributed by atoms with van der Waals surface area (Å²) < 4.78 is 0. The van der Waals surface area contributed by atoms with Crippen LogP contribution in [0.3, 0.4) is 0 Å². The molecule has 5 heteroatoms. The zero-order valence-electron chi connectivity index (χ0n) is 10.1. The normalized spacial score (nSPS) is 11.5. The number of phenolic OH excluding ortho intramolecular Hbond substituents is 1. The monoisotopic (exact) mass is 257 g/mol. The molecule has 5 nitrogen and oxygen atoms in total. The Morgan fingerprint density at radius 2 is 2.00 bits per heavy atom. The molecule has 0 aromatic heterocycles. The number of phenols is 1. The second kappa shape index (κ2) is 4.89. The van der Waals surface area contributed by atoms with Gasteiger partial charge in [-0.25, -0.2) is 0 Å². The van der Waals surface area contributed by atoms with Gasteiger partial charge in [-0.2, -0.15) is 0 Å². The standard InChI is InChI=1S/C14H11NO4/c1-8(16)4-14(18)10-3-2-9-5-11(17)7-13(15-19)12(9)6-10/h2-7,17-18H,1H3/b14-4-. The van der Waals surface area contributed by atoms with Crippen molar-refractivity contribution in [3.8, 4) is 5.75 Å². The summed E-state index contributed by atoms with van der Waals surface area (Å²) in [6, 6.07) is 7.49. The Kier molecular flexibility index (Phi) is 3.29. The number of hydrogen-bond donors (Lipinski definition) is 2. The minimum absolute atomic E-state index is 0.0571. The van der Waals surface area contributed by atoms with Gasteiger partial charge in [-0.3, -0.25) is 4.79 Å². The number of hydrogen-bond acceptors (Lipinski definition) is 5. The highest BCUT2D eigenvalue weighted by Crippen LogP contribution is 2.32. The van der Waals surface area contributed by atoms with Crippen LogP contribution in [-0.2, 0) is 4.79 Å². The first kappa shape index (κ1) is 12.8. The molecule has 19 heavy (non-hydrogen) atoms. The molecule has 2 aromatic rings. The van der Waals surface area contributed by atoms with Crippen LogP contribution in [0, 0.1) is 4.91 Å². The van der Waals surface area contributed by atoms with Gasteiger partial charge in [-0.15, -0.1) is 4.91 Å². The highest BCUT2D eigenvalue weighted by molar-refractivity contribution is 5.98. The second-order valence-electron chi connectivity index (χ2n) is 4.13. The van der Waals surface area contributed by atoms with E-state index in [1.165, 1.54) is 19.1 Å². The molecule has 0 unspecified atom stereocenters. The van der Waals surface area contributed by atoms with Crippen molar-refractivity contribution >= 4 is 28.0 Å². The maximum atomic E-state index is 10.9. The summed E-state index contributed by atoms with van der Waals surface area (Å²) in [6.45, 7) is 1.33. The molecule has 0 aliphatic carbocycles. The average molecular weight is 257 g/mol. The smallest absolute Gasteiger partial charge is 0.156 e. The molecule has 0 bridgehead atoms. The number of aliphatic hydroxyl groups excluding tert-OH is 1. The van der Waals surface area contributed by atoms with Crippen molar-refractivity contribution < 1.29 is 15.0 Å². The van der Waals surface area contributed by atoms with Crippen LogP contribution in [-0.4, -0.2) is 16.0 Å². The van der Waals surface area contributed by atoms with Crippen molar-refractivity contribution in [1.82, 2.24) is 0 Å². The van der Waals surface area contributed by atoms with Gasteiger partial charge in [0, 0.05) is 23.1 Å². The molecule has 0 aliphatic rings. The van der Waals surface area contributed by atoms with E-state index >= 15 is 0 Å². The lowest BCUT2D eigenvalue weighted by Crippen LogP contribution is -1.89. The van der Waals surface area contributed by atoms with Gasteiger partial charge < -0.3 is 10.2 Å². The molecule has 0 aliphatic heterocycles. The minimum atomic E-state index is -0.281. The van der Waals surface area contributed by atoms with Crippen LogP contribution < -0.4 is 0 Å². The van der Waals surface area contributed by atoms with Gasteiger partial charge in [-0.05, 0) is 29.6 Å². The molecular weight excluding hydrogens is 246 g/mol. The first-order valence-corrected chi connectivity index (χ1v) is 5.53. The predicted molar refractivity (Wildman–Crippen MR) is 72.4 cm³/mol. The van der Waals surface area contributed by atoms with Gasteiger partial charge in [0.05, 0.1) is 0 Å². The Hall–Kier alpha value is -2.69. The molecule has 0 heterocycles. The topological polar surface area (TPSA) is 87.0 Å². The van der Waals surface area contributed by atoms with Crippen LogP contribution >= 0.6 is 0 Å². The Bertz CT molecular complexity index is 704. The number of carbonyl (C=O) groups excluding carboxylic acids is 1. The molecule has 2 aromatic carbocycles. The number of allylic oxidation sites excluding steroid dienone is 1. The number of nitrogens with zero attached hydrogens (tertiary/aromatic N) is 1. The number of rotatable bonds is 3. The Labute approximate surface area is 108 Å². The Balaban J connectivity index is 2.66. The third-order valence-corrected chi connectivity index (χ3v) is 2.65. The summed E-state index contributed by atoms with van der Waals surface area (Å²) in [7, 11) is 0. The fourth-order valence-electron chi connectivity index (χ4n) is 1.83. The first-order chi connectivity index (χ1) is 9.01. The van der Waals surface area contributed by atoms with E-state index in [4.69, 9.17) is 0 Å². The highest BCUT2D eigenvalue weighted by atomic mass is 16.3. The van der Waals surface area contributed by atoms with E-state index in [9.17, 15) is 19.9 Å².